The molecule has 0 radical (unpaired) electrons. The molecule has 0 N–H and O–H groups in total. The van der Waals surface area contributed by atoms with E-state index in [2.05, 4.69) is 0 Å². The summed E-state index contributed by atoms with van der Waals surface area (Å²) in [6, 6.07) is 5.43. The SMILES string of the molecule is Cc1ccc(C)c(S(=O)(=O)N(C)C2CCCCC2Cl)c1. The van der Waals surface area contributed by atoms with Crippen LogP contribution < -0.4 is 0 Å². The monoisotopic (exact) mass is 315 g/mol. The van der Waals surface area contributed by atoms with Gasteiger partial charge in [0.15, 0.2) is 0 Å². The van der Waals surface area contributed by atoms with Crippen LogP contribution in [0.3, 0.4) is 0 Å². The van der Waals surface area contributed by atoms with Crippen molar-refractivity contribution < 1.29 is 8.42 Å². The summed E-state index contributed by atoms with van der Waals surface area (Å²) >= 11 is 6.34. The summed E-state index contributed by atoms with van der Waals surface area (Å²) in [6.07, 6.45) is 3.86. The molecular formula is C15H22ClNO2S. The van der Waals surface area contributed by atoms with E-state index < -0.39 is 10.0 Å². The Bertz CT molecular complexity index is 586. The molecule has 0 saturated heterocycles. The zero-order valence-corrected chi connectivity index (χ0v) is 13.8. The Kier molecular flexibility index (Phi) is 4.77. The Hall–Kier alpha value is -0.580. The van der Waals surface area contributed by atoms with Gasteiger partial charge >= 0.3 is 0 Å². The predicted octanol–water partition coefficient (Wildman–Crippen LogP) is 3.47. The van der Waals surface area contributed by atoms with Crippen LogP contribution in [0.15, 0.2) is 23.1 Å². The van der Waals surface area contributed by atoms with Crippen LogP contribution >= 0.6 is 11.6 Å². The summed E-state index contributed by atoms with van der Waals surface area (Å²) in [7, 11) is -1.82. The molecule has 1 aromatic rings. The fourth-order valence-electron chi connectivity index (χ4n) is 2.79. The van der Waals surface area contributed by atoms with Crippen LogP contribution in [-0.2, 0) is 10.0 Å². The summed E-state index contributed by atoms with van der Waals surface area (Å²) in [5.74, 6) is 0. The van der Waals surface area contributed by atoms with Gasteiger partial charge in [0, 0.05) is 13.1 Å². The molecule has 0 bridgehead atoms. The molecule has 3 nitrogen and oxygen atoms in total. The summed E-state index contributed by atoms with van der Waals surface area (Å²) < 4.78 is 27.1. The molecule has 0 spiro atoms. The van der Waals surface area contributed by atoms with Gasteiger partial charge in [0.25, 0.3) is 0 Å². The average molecular weight is 316 g/mol. The quantitative estimate of drug-likeness (QED) is 0.801. The first kappa shape index (κ1) is 15.8. The number of rotatable bonds is 3. The van der Waals surface area contributed by atoms with Crippen molar-refractivity contribution in [3.63, 3.8) is 0 Å². The lowest BCUT2D eigenvalue weighted by atomic mass is 9.95. The van der Waals surface area contributed by atoms with E-state index in [1.54, 1.807) is 13.1 Å². The molecule has 0 heterocycles. The summed E-state index contributed by atoms with van der Waals surface area (Å²) in [5.41, 5.74) is 1.73. The maximum Gasteiger partial charge on any atom is 0.243 e. The largest absolute Gasteiger partial charge is 0.243 e. The van der Waals surface area contributed by atoms with Crippen molar-refractivity contribution in [3.8, 4) is 0 Å². The van der Waals surface area contributed by atoms with Crippen LogP contribution in [0.2, 0.25) is 0 Å². The zero-order chi connectivity index (χ0) is 14.9. The van der Waals surface area contributed by atoms with E-state index in [9.17, 15) is 8.42 Å². The third-order valence-electron chi connectivity index (χ3n) is 4.12. The minimum atomic E-state index is -3.48. The van der Waals surface area contributed by atoms with Gasteiger partial charge in [-0.3, -0.25) is 0 Å². The van der Waals surface area contributed by atoms with Crippen molar-refractivity contribution >= 4 is 21.6 Å². The Morgan fingerprint density at radius 2 is 1.85 bits per heavy atom. The molecule has 20 heavy (non-hydrogen) atoms. The highest BCUT2D eigenvalue weighted by Gasteiger charge is 2.34. The van der Waals surface area contributed by atoms with Crippen LogP contribution in [0.25, 0.3) is 0 Å². The molecule has 5 heteroatoms. The van der Waals surface area contributed by atoms with E-state index >= 15 is 0 Å². The molecule has 2 rings (SSSR count). The third-order valence-corrected chi connectivity index (χ3v) is 6.65. The smallest absolute Gasteiger partial charge is 0.207 e. The topological polar surface area (TPSA) is 37.4 Å². The van der Waals surface area contributed by atoms with Crippen LogP contribution in [-0.4, -0.2) is 31.2 Å². The van der Waals surface area contributed by atoms with Crippen LogP contribution in [0.4, 0.5) is 0 Å². The number of alkyl halides is 1. The molecular weight excluding hydrogens is 294 g/mol. The minimum absolute atomic E-state index is 0.0892. The highest BCUT2D eigenvalue weighted by Crippen LogP contribution is 2.31. The predicted molar refractivity (Wildman–Crippen MR) is 82.8 cm³/mol. The van der Waals surface area contributed by atoms with E-state index in [1.807, 2.05) is 26.0 Å². The van der Waals surface area contributed by atoms with Gasteiger partial charge in [0.2, 0.25) is 10.0 Å². The van der Waals surface area contributed by atoms with Crippen molar-refractivity contribution in [2.45, 2.75) is 55.8 Å². The second-order valence-corrected chi connectivity index (χ2v) is 8.18. The fourth-order valence-corrected chi connectivity index (χ4v) is 5.04. The summed E-state index contributed by atoms with van der Waals surface area (Å²) in [4.78, 5) is 0.398. The number of hydrogen-bond donors (Lipinski definition) is 0. The standard InChI is InChI=1S/C15H22ClNO2S/c1-11-8-9-12(2)15(10-11)20(18,19)17(3)14-7-5-4-6-13(14)16/h8-10,13-14H,4-7H2,1-3H3. The lowest BCUT2D eigenvalue weighted by Crippen LogP contribution is -2.44. The first-order chi connectivity index (χ1) is 9.34. The molecule has 1 aliphatic carbocycles. The van der Waals surface area contributed by atoms with Gasteiger partial charge in [-0.15, -0.1) is 11.6 Å². The van der Waals surface area contributed by atoms with Crippen molar-refractivity contribution in [3.05, 3.63) is 29.3 Å². The highest BCUT2D eigenvalue weighted by molar-refractivity contribution is 7.89. The first-order valence-electron chi connectivity index (χ1n) is 7.03. The van der Waals surface area contributed by atoms with Gasteiger partial charge < -0.3 is 0 Å². The van der Waals surface area contributed by atoms with Gasteiger partial charge in [0.05, 0.1) is 10.3 Å². The molecule has 0 aromatic heterocycles. The van der Waals surface area contributed by atoms with E-state index in [0.29, 0.717) is 4.90 Å². The lowest BCUT2D eigenvalue weighted by Gasteiger charge is -2.34. The van der Waals surface area contributed by atoms with Crippen LogP contribution in [0, 0.1) is 13.8 Å². The maximum atomic E-state index is 12.8. The molecule has 2 unspecified atom stereocenters. The van der Waals surface area contributed by atoms with E-state index in [1.165, 1.54) is 4.31 Å². The Morgan fingerprint density at radius 3 is 2.50 bits per heavy atom. The van der Waals surface area contributed by atoms with E-state index in [0.717, 1.165) is 36.8 Å². The summed E-state index contributed by atoms with van der Waals surface area (Å²) in [6.45, 7) is 3.74. The molecule has 1 saturated carbocycles. The number of sulfonamides is 1. The molecule has 0 amide bonds. The first-order valence-corrected chi connectivity index (χ1v) is 8.91. The van der Waals surface area contributed by atoms with Crippen molar-refractivity contribution in [2.24, 2.45) is 0 Å². The highest BCUT2D eigenvalue weighted by atomic mass is 35.5. The van der Waals surface area contributed by atoms with Crippen LogP contribution in [0.1, 0.15) is 36.8 Å². The minimum Gasteiger partial charge on any atom is -0.207 e. The molecule has 1 aromatic carbocycles. The number of nitrogens with zero attached hydrogens (tertiary/aromatic N) is 1. The van der Waals surface area contributed by atoms with E-state index in [4.69, 9.17) is 11.6 Å². The second kappa shape index (κ2) is 6.04. The van der Waals surface area contributed by atoms with Crippen molar-refractivity contribution in [2.75, 3.05) is 7.05 Å². The molecule has 1 aliphatic rings. The zero-order valence-electron chi connectivity index (χ0n) is 12.3. The number of hydrogen-bond acceptors (Lipinski definition) is 2. The lowest BCUT2D eigenvalue weighted by molar-refractivity contribution is 0.291. The molecule has 0 aliphatic heterocycles. The molecule has 1 fully saturated rings. The normalized spacial score (nSPS) is 24.1. The van der Waals surface area contributed by atoms with E-state index in [-0.39, 0.29) is 11.4 Å². The van der Waals surface area contributed by atoms with Gasteiger partial charge in [0.1, 0.15) is 0 Å². The summed E-state index contributed by atoms with van der Waals surface area (Å²) in [5, 5.41) is -0.0892. The molecule has 2 atom stereocenters. The Balaban J connectivity index is 2.36. The van der Waals surface area contributed by atoms with Crippen molar-refractivity contribution in [1.29, 1.82) is 0 Å². The Labute approximate surface area is 127 Å². The van der Waals surface area contributed by atoms with Gasteiger partial charge in [-0.2, -0.15) is 4.31 Å². The van der Waals surface area contributed by atoms with Crippen molar-refractivity contribution in [1.82, 2.24) is 4.31 Å². The molecule has 112 valence electrons. The number of halogens is 1. The van der Waals surface area contributed by atoms with Gasteiger partial charge in [-0.1, -0.05) is 25.0 Å². The maximum absolute atomic E-state index is 12.8. The average Bonchev–Trinajstić information content (AvgIpc) is 2.41. The Morgan fingerprint density at radius 1 is 1.20 bits per heavy atom. The van der Waals surface area contributed by atoms with Crippen LogP contribution in [0.5, 0.6) is 0 Å². The number of benzene rings is 1. The van der Waals surface area contributed by atoms with Gasteiger partial charge in [-0.25, -0.2) is 8.42 Å². The second-order valence-electron chi connectivity index (χ2n) is 5.66. The number of aryl methyl sites for hydroxylation is 2. The third kappa shape index (κ3) is 3.02. The van der Waals surface area contributed by atoms with Gasteiger partial charge in [-0.05, 0) is 43.9 Å². The fraction of sp³-hybridized carbons (Fsp3) is 0.600.